The number of carbonyl (C=O) groups excluding carboxylic acids is 1. The van der Waals surface area contributed by atoms with Crippen molar-refractivity contribution < 1.29 is 19.0 Å². The molecule has 0 bridgehead atoms. The van der Waals surface area contributed by atoms with E-state index in [1.54, 1.807) is 30.2 Å². The summed E-state index contributed by atoms with van der Waals surface area (Å²) in [5.74, 6) is 1.64. The van der Waals surface area contributed by atoms with E-state index in [-0.39, 0.29) is 12.1 Å². The Balaban J connectivity index is 1.56. The van der Waals surface area contributed by atoms with Crippen LogP contribution in [0.5, 0.6) is 17.4 Å². The van der Waals surface area contributed by atoms with Crippen LogP contribution in [0.2, 0.25) is 0 Å². The zero-order valence-electron chi connectivity index (χ0n) is 14.5. The average Bonchev–Trinajstić information content (AvgIpc) is 2.57. The fraction of sp³-hybridized carbons (Fsp3) is 0.333. The maximum atomic E-state index is 12.4. The molecule has 1 saturated heterocycles. The number of nitrogens with zero attached hydrogens (tertiary/aromatic N) is 2. The molecule has 1 aliphatic rings. The minimum absolute atomic E-state index is 0.0488. The molecule has 1 N–H and O–H groups in total. The molecule has 7 heteroatoms. The van der Waals surface area contributed by atoms with E-state index in [0.29, 0.717) is 36.2 Å². The highest BCUT2D eigenvalue weighted by Crippen LogP contribution is 2.35. The van der Waals surface area contributed by atoms with Crippen LogP contribution in [0.15, 0.2) is 36.4 Å². The van der Waals surface area contributed by atoms with E-state index in [0.717, 1.165) is 5.69 Å². The van der Waals surface area contributed by atoms with E-state index in [1.807, 2.05) is 25.1 Å². The Morgan fingerprint density at radius 2 is 1.92 bits per heavy atom. The summed E-state index contributed by atoms with van der Waals surface area (Å²) in [5, 5.41) is 2.84. The number of pyridine rings is 1. The molecule has 2 heterocycles. The monoisotopic (exact) mass is 343 g/mol. The Hall–Kier alpha value is -2.96. The molecule has 1 aromatic carbocycles. The third-order valence-electron chi connectivity index (χ3n) is 3.93. The van der Waals surface area contributed by atoms with Gasteiger partial charge in [-0.15, -0.1) is 0 Å². The van der Waals surface area contributed by atoms with Crippen LogP contribution in [0.4, 0.5) is 10.5 Å². The van der Waals surface area contributed by atoms with E-state index in [1.165, 1.54) is 7.11 Å². The van der Waals surface area contributed by atoms with Crippen LogP contribution in [0.1, 0.15) is 5.69 Å². The molecule has 1 fully saturated rings. The van der Waals surface area contributed by atoms with Gasteiger partial charge in [0, 0.05) is 11.8 Å². The summed E-state index contributed by atoms with van der Waals surface area (Å²) in [6.07, 6.45) is -0.0488. The molecule has 0 aliphatic carbocycles. The lowest BCUT2D eigenvalue weighted by molar-refractivity contribution is 0.0460. The normalized spacial score (nSPS) is 13.8. The summed E-state index contributed by atoms with van der Waals surface area (Å²) in [5.41, 5.74) is 1.47. The predicted octanol–water partition coefficient (Wildman–Crippen LogP) is 2.70. The van der Waals surface area contributed by atoms with Gasteiger partial charge in [-0.3, -0.25) is 0 Å². The minimum Gasteiger partial charge on any atom is -0.493 e. The van der Waals surface area contributed by atoms with E-state index >= 15 is 0 Å². The number of likely N-dealkylation sites (tertiary alicyclic amines) is 1. The number of nitrogens with one attached hydrogen (secondary N) is 1. The Morgan fingerprint density at radius 1 is 1.16 bits per heavy atom. The van der Waals surface area contributed by atoms with Gasteiger partial charge in [-0.05, 0) is 25.1 Å². The molecule has 0 saturated carbocycles. The second-order valence-corrected chi connectivity index (χ2v) is 5.73. The lowest BCUT2D eigenvalue weighted by atomic mass is 10.2. The molecular weight excluding hydrogens is 322 g/mol. The fourth-order valence-corrected chi connectivity index (χ4v) is 2.61. The summed E-state index contributed by atoms with van der Waals surface area (Å²) in [7, 11) is 3.09. The van der Waals surface area contributed by atoms with Crippen molar-refractivity contribution in [3.05, 3.63) is 42.1 Å². The van der Waals surface area contributed by atoms with Crippen molar-refractivity contribution in [2.24, 2.45) is 0 Å². The molecule has 132 valence electrons. The Kier molecular flexibility index (Phi) is 4.92. The second-order valence-electron chi connectivity index (χ2n) is 5.73. The lowest BCUT2D eigenvalue weighted by Crippen LogP contribution is -2.57. The number of aromatic nitrogens is 1. The Morgan fingerprint density at radius 3 is 2.60 bits per heavy atom. The molecule has 1 aromatic heterocycles. The van der Waals surface area contributed by atoms with Gasteiger partial charge in [0.05, 0.1) is 33.0 Å². The first-order valence-electron chi connectivity index (χ1n) is 7.98. The Bertz CT molecular complexity index is 760. The Labute approximate surface area is 146 Å². The molecule has 0 spiro atoms. The van der Waals surface area contributed by atoms with Crippen LogP contribution >= 0.6 is 0 Å². The lowest BCUT2D eigenvalue weighted by Gasteiger charge is -2.38. The summed E-state index contributed by atoms with van der Waals surface area (Å²) in [6.45, 7) is 2.93. The highest BCUT2D eigenvalue weighted by Gasteiger charge is 2.33. The molecule has 0 atom stereocenters. The van der Waals surface area contributed by atoms with Gasteiger partial charge >= 0.3 is 6.03 Å². The van der Waals surface area contributed by atoms with Gasteiger partial charge in [0.2, 0.25) is 5.88 Å². The molecule has 7 nitrogen and oxygen atoms in total. The number of rotatable bonds is 5. The molecule has 2 aromatic rings. The van der Waals surface area contributed by atoms with Gasteiger partial charge in [-0.1, -0.05) is 12.1 Å². The molecule has 3 rings (SSSR count). The first kappa shape index (κ1) is 16.9. The third-order valence-corrected chi connectivity index (χ3v) is 3.93. The SMILES string of the molecule is COc1cccc(NC(=O)N2CC(Oc3cccc(C)n3)C2)c1OC. The number of urea groups is 1. The number of methoxy groups -OCH3 is 2. The van der Waals surface area contributed by atoms with Gasteiger partial charge < -0.3 is 24.4 Å². The van der Waals surface area contributed by atoms with E-state index in [2.05, 4.69) is 10.3 Å². The first-order chi connectivity index (χ1) is 12.1. The summed E-state index contributed by atoms with van der Waals surface area (Å²) in [4.78, 5) is 18.3. The average molecular weight is 343 g/mol. The maximum Gasteiger partial charge on any atom is 0.322 e. The number of carbonyl (C=O) groups is 1. The number of amides is 2. The standard InChI is InChI=1S/C18H21N3O4/c1-12-6-4-9-16(19-12)25-13-10-21(11-13)18(22)20-14-7-5-8-15(23-2)17(14)24-3/h4-9,13H,10-11H2,1-3H3,(H,20,22). The van der Waals surface area contributed by atoms with E-state index < -0.39 is 0 Å². The summed E-state index contributed by atoms with van der Waals surface area (Å²) in [6, 6.07) is 10.8. The van der Waals surface area contributed by atoms with Crippen LogP contribution in [-0.4, -0.2) is 49.3 Å². The maximum absolute atomic E-state index is 12.4. The number of hydrogen-bond acceptors (Lipinski definition) is 5. The van der Waals surface area contributed by atoms with Crippen LogP contribution < -0.4 is 19.5 Å². The topological polar surface area (TPSA) is 72.9 Å². The predicted molar refractivity (Wildman–Crippen MR) is 93.5 cm³/mol. The number of ether oxygens (including phenoxy) is 3. The number of benzene rings is 1. The summed E-state index contributed by atoms with van der Waals surface area (Å²) < 4.78 is 16.3. The van der Waals surface area contributed by atoms with Gasteiger partial charge in [0.1, 0.15) is 6.10 Å². The van der Waals surface area contributed by atoms with Gasteiger partial charge in [-0.25, -0.2) is 9.78 Å². The van der Waals surface area contributed by atoms with Crippen LogP contribution in [-0.2, 0) is 0 Å². The summed E-state index contributed by atoms with van der Waals surface area (Å²) >= 11 is 0. The fourth-order valence-electron chi connectivity index (χ4n) is 2.61. The van der Waals surface area contributed by atoms with Crippen molar-refractivity contribution in [2.75, 3.05) is 32.6 Å². The molecule has 1 aliphatic heterocycles. The zero-order valence-corrected chi connectivity index (χ0v) is 14.5. The van der Waals surface area contributed by atoms with E-state index in [4.69, 9.17) is 14.2 Å². The minimum atomic E-state index is -0.205. The van der Waals surface area contributed by atoms with Gasteiger partial charge in [0.25, 0.3) is 0 Å². The molecular formula is C18H21N3O4. The molecule has 25 heavy (non-hydrogen) atoms. The van der Waals surface area contributed by atoms with Crippen molar-refractivity contribution >= 4 is 11.7 Å². The van der Waals surface area contributed by atoms with Crippen LogP contribution in [0.25, 0.3) is 0 Å². The van der Waals surface area contributed by atoms with Gasteiger partial charge in [0.15, 0.2) is 11.5 Å². The molecule has 2 amide bonds. The number of para-hydroxylation sites is 1. The smallest absolute Gasteiger partial charge is 0.322 e. The highest BCUT2D eigenvalue weighted by atomic mass is 16.5. The molecule has 0 unspecified atom stereocenters. The van der Waals surface area contributed by atoms with E-state index in [9.17, 15) is 4.79 Å². The third kappa shape index (κ3) is 3.76. The second kappa shape index (κ2) is 7.29. The molecule has 0 radical (unpaired) electrons. The van der Waals surface area contributed by atoms with Crippen molar-refractivity contribution in [3.8, 4) is 17.4 Å². The largest absolute Gasteiger partial charge is 0.493 e. The van der Waals surface area contributed by atoms with Crippen LogP contribution in [0.3, 0.4) is 0 Å². The van der Waals surface area contributed by atoms with Crippen LogP contribution in [0, 0.1) is 6.92 Å². The van der Waals surface area contributed by atoms with Gasteiger partial charge in [-0.2, -0.15) is 0 Å². The number of aryl methyl sites for hydroxylation is 1. The van der Waals surface area contributed by atoms with Crippen molar-refractivity contribution in [2.45, 2.75) is 13.0 Å². The quantitative estimate of drug-likeness (QED) is 0.904. The first-order valence-corrected chi connectivity index (χ1v) is 7.98. The van der Waals surface area contributed by atoms with Crippen molar-refractivity contribution in [1.29, 1.82) is 0 Å². The van der Waals surface area contributed by atoms with Crippen molar-refractivity contribution in [3.63, 3.8) is 0 Å². The number of hydrogen-bond donors (Lipinski definition) is 1. The zero-order chi connectivity index (χ0) is 17.8. The van der Waals surface area contributed by atoms with Crippen molar-refractivity contribution in [1.82, 2.24) is 9.88 Å². The highest BCUT2D eigenvalue weighted by molar-refractivity contribution is 5.92. The number of anilines is 1.